The number of aliphatic carboxylic acids is 1. The van der Waals surface area contributed by atoms with Gasteiger partial charge in [0.2, 0.25) is 5.89 Å². The van der Waals surface area contributed by atoms with Gasteiger partial charge in [-0.15, -0.1) is 10.2 Å². The number of benzene rings is 1. The number of non-ortho nitro benzene ring substituents is 1. The van der Waals surface area contributed by atoms with Crippen LogP contribution in [0.5, 0.6) is 0 Å². The summed E-state index contributed by atoms with van der Waals surface area (Å²) in [6, 6.07) is 7.01. The summed E-state index contributed by atoms with van der Waals surface area (Å²) in [6.45, 7) is 1.59. The first-order valence-electron chi connectivity index (χ1n) is 7.30. The highest BCUT2D eigenvalue weighted by atomic mass is 35.5. The number of hydrogen-bond donors (Lipinski definition) is 1. The van der Waals surface area contributed by atoms with E-state index in [9.17, 15) is 20.0 Å². The summed E-state index contributed by atoms with van der Waals surface area (Å²) in [5, 5.41) is 28.0. The molecule has 1 N–H and O–H groups in total. The van der Waals surface area contributed by atoms with Crippen LogP contribution in [0.4, 0.5) is 5.69 Å². The standard InChI is InChI=1S/C16H10ClN3O6S/c1-8-18-19-16(25-8)27-14(15(21)22)7-10-3-5-13(26-10)11-6-9(20(23)24)2-4-12(11)17/h2-7H,1H3,(H,21,22)/b14-7-. The first kappa shape index (κ1) is 18.7. The fraction of sp³-hybridized carbons (Fsp3) is 0.0625. The zero-order chi connectivity index (χ0) is 19.6. The van der Waals surface area contributed by atoms with Crippen LogP contribution in [0.15, 0.2) is 49.3 Å². The number of carboxylic acids is 1. The predicted molar refractivity (Wildman–Crippen MR) is 96.3 cm³/mol. The molecule has 11 heteroatoms. The van der Waals surface area contributed by atoms with E-state index < -0.39 is 10.9 Å². The number of furan rings is 1. The van der Waals surface area contributed by atoms with E-state index in [4.69, 9.17) is 20.4 Å². The maximum atomic E-state index is 11.4. The van der Waals surface area contributed by atoms with Gasteiger partial charge >= 0.3 is 5.97 Å². The van der Waals surface area contributed by atoms with Gasteiger partial charge in [-0.25, -0.2) is 4.79 Å². The molecule has 0 aliphatic rings. The van der Waals surface area contributed by atoms with Crippen LogP contribution in [-0.2, 0) is 4.79 Å². The van der Waals surface area contributed by atoms with Crippen LogP contribution in [-0.4, -0.2) is 26.2 Å². The Labute approximate surface area is 160 Å². The van der Waals surface area contributed by atoms with Gasteiger partial charge in [-0.2, -0.15) is 0 Å². The third-order valence-corrected chi connectivity index (χ3v) is 4.42. The van der Waals surface area contributed by atoms with Crippen LogP contribution in [0.3, 0.4) is 0 Å². The topological polar surface area (TPSA) is 132 Å². The van der Waals surface area contributed by atoms with Crippen LogP contribution in [0.25, 0.3) is 17.4 Å². The van der Waals surface area contributed by atoms with E-state index in [1.807, 2.05) is 0 Å². The number of nitro groups is 1. The SMILES string of the molecule is Cc1nnc(S/C(=C\c2ccc(-c3cc([N+](=O)[O-])ccc3Cl)o2)C(=O)O)o1. The van der Waals surface area contributed by atoms with Crippen molar-refractivity contribution >= 4 is 41.1 Å². The highest BCUT2D eigenvalue weighted by molar-refractivity contribution is 8.03. The molecule has 0 atom stereocenters. The second-order valence-electron chi connectivity index (χ2n) is 5.13. The number of rotatable bonds is 6. The minimum Gasteiger partial charge on any atom is -0.477 e. The van der Waals surface area contributed by atoms with Gasteiger partial charge < -0.3 is 13.9 Å². The van der Waals surface area contributed by atoms with Gasteiger partial charge in [0.1, 0.15) is 16.4 Å². The lowest BCUT2D eigenvalue weighted by molar-refractivity contribution is -0.384. The fourth-order valence-corrected chi connectivity index (χ4v) is 2.97. The van der Waals surface area contributed by atoms with Crippen LogP contribution < -0.4 is 0 Å². The summed E-state index contributed by atoms with van der Waals surface area (Å²) in [7, 11) is 0. The molecule has 0 aliphatic heterocycles. The summed E-state index contributed by atoms with van der Waals surface area (Å²) in [5.41, 5.74) is 0.180. The number of nitrogens with zero attached hydrogens (tertiary/aromatic N) is 3. The molecule has 0 saturated heterocycles. The van der Waals surface area contributed by atoms with Gasteiger partial charge in [0.05, 0.1) is 9.95 Å². The molecule has 3 rings (SSSR count). The lowest BCUT2D eigenvalue weighted by Gasteiger charge is -2.01. The molecule has 27 heavy (non-hydrogen) atoms. The molecular formula is C16H10ClN3O6S. The molecule has 0 fully saturated rings. The zero-order valence-corrected chi connectivity index (χ0v) is 15.2. The normalized spacial score (nSPS) is 11.6. The Morgan fingerprint density at radius 3 is 2.70 bits per heavy atom. The lowest BCUT2D eigenvalue weighted by atomic mass is 10.1. The van der Waals surface area contributed by atoms with E-state index in [-0.39, 0.29) is 32.4 Å². The maximum Gasteiger partial charge on any atom is 0.342 e. The van der Waals surface area contributed by atoms with Crippen molar-refractivity contribution in [2.24, 2.45) is 0 Å². The summed E-state index contributed by atoms with van der Waals surface area (Å²) in [5.74, 6) is -0.419. The monoisotopic (exact) mass is 407 g/mol. The Morgan fingerprint density at radius 2 is 2.07 bits per heavy atom. The van der Waals surface area contributed by atoms with E-state index in [1.54, 1.807) is 6.92 Å². The second kappa shape index (κ2) is 7.64. The zero-order valence-electron chi connectivity index (χ0n) is 13.6. The second-order valence-corrected chi connectivity index (χ2v) is 6.53. The Balaban J connectivity index is 1.92. The van der Waals surface area contributed by atoms with E-state index in [1.165, 1.54) is 36.4 Å². The van der Waals surface area contributed by atoms with Crippen molar-refractivity contribution in [2.45, 2.75) is 12.1 Å². The lowest BCUT2D eigenvalue weighted by Crippen LogP contribution is -1.96. The fourth-order valence-electron chi connectivity index (χ4n) is 2.07. The van der Waals surface area contributed by atoms with Gasteiger partial charge in [0.25, 0.3) is 10.9 Å². The maximum absolute atomic E-state index is 11.4. The minimum atomic E-state index is -1.21. The molecule has 0 unspecified atom stereocenters. The minimum absolute atomic E-state index is 0.0784. The van der Waals surface area contributed by atoms with Crippen LogP contribution in [0.2, 0.25) is 5.02 Å². The van der Waals surface area contributed by atoms with Crippen molar-refractivity contribution in [3.63, 3.8) is 0 Å². The summed E-state index contributed by atoms with van der Waals surface area (Å²) >= 11 is 6.86. The molecule has 0 radical (unpaired) electrons. The van der Waals surface area contributed by atoms with E-state index >= 15 is 0 Å². The number of hydrogen-bond acceptors (Lipinski definition) is 8. The third-order valence-electron chi connectivity index (χ3n) is 3.24. The molecule has 0 saturated carbocycles. The van der Waals surface area contributed by atoms with Crippen molar-refractivity contribution in [1.82, 2.24) is 10.2 Å². The number of nitro benzene ring substituents is 1. The average Bonchev–Trinajstić information content (AvgIpc) is 3.23. The molecule has 3 aromatic rings. The number of carboxylic acid groups (broad SMARTS) is 1. The molecule has 0 aliphatic carbocycles. The summed E-state index contributed by atoms with van der Waals surface area (Å²) in [6.07, 6.45) is 1.28. The highest BCUT2D eigenvalue weighted by Gasteiger charge is 2.17. The summed E-state index contributed by atoms with van der Waals surface area (Å²) in [4.78, 5) is 21.7. The Kier molecular flexibility index (Phi) is 5.28. The number of aromatic nitrogens is 2. The van der Waals surface area contributed by atoms with Crippen molar-refractivity contribution in [2.75, 3.05) is 0 Å². The number of aryl methyl sites for hydroxylation is 1. The molecule has 0 spiro atoms. The summed E-state index contributed by atoms with van der Waals surface area (Å²) < 4.78 is 10.7. The van der Waals surface area contributed by atoms with Crippen molar-refractivity contribution < 1.29 is 23.7 Å². The van der Waals surface area contributed by atoms with Gasteiger partial charge in [0.15, 0.2) is 0 Å². The Bertz CT molecular complexity index is 1060. The van der Waals surface area contributed by atoms with Crippen LogP contribution in [0, 0.1) is 17.0 Å². The molecule has 9 nitrogen and oxygen atoms in total. The van der Waals surface area contributed by atoms with Crippen LogP contribution in [0.1, 0.15) is 11.7 Å². The average molecular weight is 408 g/mol. The van der Waals surface area contributed by atoms with Gasteiger partial charge in [-0.05, 0) is 30.0 Å². The van der Waals surface area contributed by atoms with Crippen molar-refractivity contribution in [1.29, 1.82) is 0 Å². The van der Waals surface area contributed by atoms with Gasteiger partial charge in [-0.3, -0.25) is 10.1 Å². The Morgan fingerprint density at radius 1 is 1.30 bits per heavy atom. The third kappa shape index (κ3) is 4.36. The number of halogens is 1. The van der Waals surface area contributed by atoms with Crippen molar-refractivity contribution in [3.8, 4) is 11.3 Å². The largest absolute Gasteiger partial charge is 0.477 e. The van der Waals surface area contributed by atoms with E-state index in [2.05, 4.69) is 10.2 Å². The first-order valence-corrected chi connectivity index (χ1v) is 8.50. The predicted octanol–water partition coefficient (Wildman–Crippen LogP) is 4.42. The number of thioether (sulfide) groups is 1. The quantitative estimate of drug-likeness (QED) is 0.273. The first-order chi connectivity index (χ1) is 12.8. The smallest absolute Gasteiger partial charge is 0.342 e. The van der Waals surface area contributed by atoms with E-state index in [0.29, 0.717) is 11.5 Å². The molecule has 0 amide bonds. The molecular weight excluding hydrogens is 398 g/mol. The van der Waals surface area contributed by atoms with E-state index in [0.717, 1.165) is 11.8 Å². The molecule has 138 valence electrons. The highest BCUT2D eigenvalue weighted by Crippen LogP contribution is 2.34. The molecule has 1 aromatic carbocycles. The van der Waals surface area contributed by atoms with Gasteiger partial charge in [0, 0.05) is 30.7 Å². The van der Waals surface area contributed by atoms with Gasteiger partial charge in [-0.1, -0.05) is 11.6 Å². The van der Waals surface area contributed by atoms with Crippen LogP contribution >= 0.6 is 23.4 Å². The number of carbonyl (C=O) groups is 1. The molecule has 0 bridgehead atoms. The molecule has 2 heterocycles. The van der Waals surface area contributed by atoms with Crippen molar-refractivity contribution in [3.05, 3.63) is 62.0 Å². The molecule has 2 aromatic heterocycles. The Hall–Kier alpha value is -3.11.